The lowest BCUT2D eigenvalue weighted by molar-refractivity contribution is 0.145. The fraction of sp³-hybridized carbons (Fsp3) is 0.364. The number of carbonyl (C=O) groups is 1. The Hall–Kier alpha value is -1.85. The second-order valence-corrected chi connectivity index (χ2v) is 3.86. The van der Waals surface area contributed by atoms with Crippen LogP contribution in [0.3, 0.4) is 0 Å². The van der Waals surface area contributed by atoms with E-state index in [1.807, 2.05) is 0 Å². The molecule has 0 aliphatic carbocycles. The van der Waals surface area contributed by atoms with Gasteiger partial charge < -0.3 is 14.7 Å². The molecule has 0 unspecified atom stereocenters. The van der Waals surface area contributed by atoms with E-state index in [9.17, 15) is 13.6 Å². The van der Waals surface area contributed by atoms with Gasteiger partial charge in [-0.25, -0.2) is 13.6 Å². The maximum atomic E-state index is 12.9. The van der Waals surface area contributed by atoms with Crippen LogP contribution in [-0.2, 0) is 0 Å². The van der Waals surface area contributed by atoms with Gasteiger partial charge in [-0.1, -0.05) is 0 Å². The van der Waals surface area contributed by atoms with E-state index in [1.54, 1.807) is 0 Å². The van der Waals surface area contributed by atoms with E-state index in [-0.39, 0.29) is 18.4 Å². The van der Waals surface area contributed by atoms with Crippen molar-refractivity contribution in [3.8, 4) is 5.75 Å². The van der Waals surface area contributed by atoms with Gasteiger partial charge in [0.2, 0.25) is 0 Å². The molecule has 6 heteroatoms. The van der Waals surface area contributed by atoms with Gasteiger partial charge in [0, 0.05) is 31.2 Å². The summed E-state index contributed by atoms with van der Waals surface area (Å²) in [6, 6.07) is 2.91. The molecule has 1 fully saturated rings. The Balaban J connectivity index is 2.00. The van der Waals surface area contributed by atoms with Gasteiger partial charge in [0.05, 0.1) is 6.54 Å². The van der Waals surface area contributed by atoms with Crippen LogP contribution in [0.25, 0.3) is 0 Å². The Bertz CT molecular complexity index is 418. The molecule has 92 valence electrons. The van der Waals surface area contributed by atoms with E-state index < -0.39 is 17.7 Å². The fourth-order valence-electron chi connectivity index (χ4n) is 1.79. The van der Waals surface area contributed by atoms with Gasteiger partial charge in [0.25, 0.3) is 0 Å². The normalized spacial score (nSPS) is 19.4. The Morgan fingerprint density at radius 2 is 2.00 bits per heavy atom. The SMILES string of the molecule is O=C(O)N1CC[C@H](Oc2cc(F)cc(F)c2)C1. The van der Waals surface area contributed by atoms with E-state index >= 15 is 0 Å². The molecule has 1 saturated heterocycles. The highest BCUT2D eigenvalue weighted by Gasteiger charge is 2.27. The van der Waals surface area contributed by atoms with Crippen LogP contribution >= 0.6 is 0 Å². The Kier molecular flexibility index (Phi) is 3.12. The molecular formula is C11H11F2NO3. The average Bonchev–Trinajstić information content (AvgIpc) is 2.64. The predicted octanol–water partition coefficient (Wildman–Crippen LogP) is 2.10. The van der Waals surface area contributed by atoms with Crippen molar-refractivity contribution < 1.29 is 23.4 Å². The highest BCUT2D eigenvalue weighted by Crippen LogP contribution is 2.20. The molecule has 0 aromatic heterocycles. The van der Waals surface area contributed by atoms with Crippen molar-refractivity contribution in [1.82, 2.24) is 4.90 Å². The van der Waals surface area contributed by atoms with Crippen LogP contribution in [0.2, 0.25) is 0 Å². The van der Waals surface area contributed by atoms with Crippen LogP contribution in [0.15, 0.2) is 18.2 Å². The number of amides is 1. The summed E-state index contributed by atoms with van der Waals surface area (Å²) in [6.45, 7) is 0.589. The minimum Gasteiger partial charge on any atom is -0.488 e. The summed E-state index contributed by atoms with van der Waals surface area (Å²) in [7, 11) is 0. The van der Waals surface area contributed by atoms with E-state index in [0.29, 0.717) is 13.0 Å². The second kappa shape index (κ2) is 4.57. The lowest BCUT2D eigenvalue weighted by Gasteiger charge is -2.14. The number of rotatable bonds is 2. The molecule has 4 nitrogen and oxygen atoms in total. The number of carboxylic acid groups (broad SMARTS) is 1. The molecule has 1 aliphatic heterocycles. The molecule has 0 saturated carbocycles. The van der Waals surface area contributed by atoms with Crippen LogP contribution in [0, 0.1) is 11.6 Å². The number of benzene rings is 1. The van der Waals surface area contributed by atoms with Crippen molar-refractivity contribution >= 4 is 6.09 Å². The molecule has 1 aromatic rings. The van der Waals surface area contributed by atoms with E-state index in [2.05, 4.69) is 0 Å². The van der Waals surface area contributed by atoms with Crippen LogP contribution in [0.4, 0.5) is 13.6 Å². The summed E-state index contributed by atoms with van der Waals surface area (Å²) in [6.07, 6.45) is -0.849. The molecule has 17 heavy (non-hydrogen) atoms. The van der Waals surface area contributed by atoms with E-state index in [0.717, 1.165) is 18.2 Å². The van der Waals surface area contributed by atoms with Crippen molar-refractivity contribution in [2.75, 3.05) is 13.1 Å². The van der Waals surface area contributed by atoms with E-state index in [4.69, 9.17) is 9.84 Å². The molecule has 1 aromatic carbocycles. The summed E-state index contributed by atoms with van der Waals surface area (Å²) in [4.78, 5) is 11.9. The first-order valence-corrected chi connectivity index (χ1v) is 5.15. The van der Waals surface area contributed by atoms with Crippen LogP contribution in [-0.4, -0.2) is 35.3 Å². The van der Waals surface area contributed by atoms with Crippen molar-refractivity contribution in [1.29, 1.82) is 0 Å². The summed E-state index contributed by atoms with van der Waals surface area (Å²) >= 11 is 0. The van der Waals surface area contributed by atoms with Gasteiger partial charge in [-0.15, -0.1) is 0 Å². The maximum Gasteiger partial charge on any atom is 0.407 e. The minimum atomic E-state index is -1.01. The molecule has 1 atom stereocenters. The van der Waals surface area contributed by atoms with Gasteiger partial charge >= 0.3 is 6.09 Å². The Labute approximate surface area is 96.4 Å². The Morgan fingerprint density at radius 3 is 2.53 bits per heavy atom. The molecule has 0 radical (unpaired) electrons. The van der Waals surface area contributed by atoms with Gasteiger partial charge in [-0.3, -0.25) is 0 Å². The number of nitrogens with zero attached hydrogens (tertiary/aromatic N) is 1. The minimum absolute atomic E-state index is 0.0831. The lowest BCUT2D eigenvalue weighted by Crippen LogP contribution is -2.29. The van der Waals surface area contributed by atoms with Crippen LogP contribution in [0.1, 0.15) is 6.42 Å². The first-order valence-electron chi connectivity index (χ1n) is 5.15. The van der Waals surface area contributed by atoms with Gasteiger partial charge in [0.1, 0.15) is 23.5 Å². The monoisotopic (exact) mass is 243 g/mol. The molecule has 1 heterocycles. The van der Waals surface area contributed by atoms with Crippen molar-refractivity contribution in [3.63, 3.8) is 0 Å². The number of halogens is 2. The van der Waals surface area contributed by atoms with Gasteiger partial charge in [0.15, 0.2) is 0 Å². The highest BCUT2D eigenvalue weighted by molar-refractivity contribution is 5.65. The van der Waals surface area contributed by atoms with E-state index in [1.165, 1.54) is 4.90 Å². The molecule has 1 amide bonds. The number of likely N-dealkylation sites (tertiary alicyclic amines) is 1. The van der Waals surface area contributed by atoms with Crippen molar-refractivity contribution in [3.05, 3.63) is 29.8 Å². The molecule has 1 aliphatic rings. The summed E-state index contributed by atoms with van der Waals surface area (Å²) in [5.74, 6) is -1.35. The third-order valence-corrected chi connectivity index (χ3v) is 2.55. The van der Waals surface area contributed by atoms with Crippen molar-refractivity contribution in [2.45, 2.75) is 12.5 Å². The Morgan fingerprint density at radius 1 is 1.35 bits per heavy atom. The zero-order chi connectivity index (χ0) is 12.4. The molecule has 1 N–H and O–H groups in total. The number of hydrogen-bond acceptors (Lipinski definition) is 2. The fourth-order valence-corrected chi connectivity index (χ4v) is 1.79. The predicted molar refractivity (Wildman–Crippen MR) is 55.0 cm³/mol. The highest BCUT2D eigenvalue weighted by atomic mass is 19.1. The summed E-state index contributed by atoms with van der Waals surface area (Å²) in [5.41, 5.74) is 0. The zero-order valence-electron chi connectivity index (χ0n) is 8.90. The van der Waals surface area contributed by atoms with Gasteiger partial charge in [-0.05, 0) is 0 Å². The molecular weight excluding hydrogens is 232 g/mol. The third-order valence-electron chi connectivity index (χ3n) is 2.55. The number of ether oxygens (including phenoxy) is 1. The lowest BCUT2D eigenvalue weighted by atomic mass is 10.3. The van der Waals surface area contributed by atoms with Gasteiger partial charge in [-0.2, -0.15) is 0 Å². The quantitative estimate of drug-likeness (QED) is 0.865. The summed E-state index contributed by atoms with van der Waals surface area (Å²) < 4.78 is 31.1. The number of hydrogen-bond donors (Lipinski definition) is 1. The topological polar surface area (TPSA) is 49.8 Å². The van der Waals surface area contributed by atoms with Crippen LogP contribution in [0.5, 0.6) is 5.75 Å². The maximum absolute atomic E-state index is 12.9. The van der Waals surface area contributed by atoms with Crippen LogP contribution < -0.4 is 4.74 Å². The third kappa shape index (κ3) is 2.83. The standard InChI is InChI=1S/C11H11F2NO3/c12-7-3-8(13)5-10(4-7)17-9-1-2-14(6-9)11(15)16/h3-5,9H,1-2,6H2,(H,15,16)/t9-/m0/s1. The second-order valence-electron chi connectivity index (χ2n) is 3.86. The summed E-state index contributed by atoms with van der Waals surface area (Å²) in [5, 5.41) is 8.74. The first kappa shape index (κ1) is 11.6. The molecule has 0 spiro atoms. The average molecular weight is 243 g/mol. The van der Waals surface area contributed by atoms with Crippen molar-refractivity contribution in [2.24, 2.45) is 0 Å². The first-order chi connectivity index (χ1) is 8.04. The molecule has 2 rings (SSSR count). The molecule has 0 bridgehead atoms. The smallest absolute Gasteiger partial charge is 0.407 e. The zero-order valence-corrected chi connectivity index (χ0v) is 8.90. The largest absolute Gasteiger partial charge is 0.488 e.